The Balaban J connectivity index is 1.54. The Kier molecular flexibility index (Phi) is 5.32. The minimum atomic E-state index is 0.431. The summed E-state index contributed by atoms with van der Waals surface area (Å²) < 4.78 is 6.05. The molecule has 116 valence electrons. The van der Waals surface area contributed by atoms with Gasteiger partial charge in [-0.1, -0.05) is 63.3 Å². The SMILES string of the molecule is CCCCCCCCN1CO[C@H]2CCc3ccccc3[C@@H]21. The van der Waals surface area contributed by atoms with E-state index in [1.54, 1.807) is 0 Å². The van der Waals surface area contributed by atoms with E-state index >= 15 is 0 Å². The molecule has 1 heterocycles. The molecule has 0 spiro atoms. The highest BCUT2D eigenvalue weighted by Crippen LogP contribution is 2.40. The molecular formula is C19H29NO. The quantitative estimate of drug-likeness (QED) is 0.674. The van der Waals surface area contributed by atoms with E-state index in [2.05, 4.69) is 36.1 Å². The molecule has 0 aromatic heterocycles. The summed E-state index contributed by atoms with van der Waals surface area (Å²) in [6, 6.07) is 9.49. The summed E-state index contributed by atoms with van der Waals surface area (Å²) in [6.07, 6.45) is 11.0. The predicted molar refractivity (Wildman–Crippen MR) is 87.3 cm³/mol. The first-order valence-corrected chi connectivity index (χ1v) is 8.83. The fraction of sp³-hybridized carbons (Fsp3) is 0.684. The molecule has 1 aromatic carbocycles. The Bertz CT molecular complexity index is 445. The maximum atomic E-state index is 6.05. The summed E-state index contributed by atoms with van der Waals surface area (Å²) in [5.41, 5.74) is 3.06. The van der Waals surface area contributed by atoms with Gasteiger partial charge < -0.3 is 4.74 Å². The largest absolute Gasteiger partial charge is 0.361 e. The van der Waals surface area contributed by atoms with Gasteiger partial charge in [-0.05, 0) is 30.4 Å². The van der Waals surface area contributed by atoms with Crippen molar-refractivity contribution in [3.8, 4) is 0 Å². The molecule has 2 nitrogen and oxygen atoms in total. The first kappa shape index (κ1) is 15.1. The molecule has 0 N–H and O–H groups in total. The molecule has 1 aliphatic carbocycles. The van der Waals surface area contributed by atoms with Crippen molar-refractivity contribution < 1.29 is 4.74 Å². The van der Waals surface area contributed by atoms with Gasteiger partial charge in [0.15, 0.2) is 0 Å². The maximum Gasteiger partial charge on any atom is 0.100 e. The first-order chi connectivity index (χ1) is 10.4. The molecule has 1 fully saturated rings. The number of rotatable bonds is 7. The van der Waals surface area contributed by atoms with Gasteiger partial charge in [0.2, 0.25) is 0 Å². The number of hydrogen-bond acceptors (Lipinski definition) is 2. The molecule has 3 rings (SSSR count). The van der Waals surface area contributed by atoms with Crippen LogP contribution in [-0.2, 0) is 11.2 Å². The lowest BCUT2D eigenvalue weighted by Gasteiger charge is -2.31. The Morgan fingerprint density at radius 2 is 1.90 bits per heavy atom. The van der Waals surface area contributed by atoms with Crippen LogP contribution in [-0.4, -0.2) is 24.3 Å². The molecule has 1 aromatic rings. The van der Waals surface area contributed by atoms with Gasteiger partial charge in [0.05, 0.1) is 12.1 Å². The van der Waals surface area contributed by atoms with Gasteiger partial charge >= 0.3 is 0 Å². The molecule has 0 saturated carbocycles. The highest BCUT2D eigenvalue weighted by molar-refractivity contribution is 5.34. The van der Waals surface area contributed by atoms with Gasteiger partial charge in [0.1, 0.15) is 6.73 Å². The second kappa shape index (κ2) is 7.42. The topological polar surface area (TPSA) is 12.5 Å². The zero-order chi connectivity index (χ0) is 14.5. The van der Waals surface area contributed by atoms with Crippen molar-refractivity contribution in [3.63, 3.8) is 0 Å². The van der Waals surface area contributed by atoms with Gasteiger partial charge in [0, 0.05) is 6.54 Å². The Morgan fingerprint density at radius 3 is 2.81 bits per heavy atom. The van der Waals surface area contributed by atoms with Crippen molar-refractivity contribution >= 4 is 0 Å². The summed E-state index contributed by atoms with van der Waals surface area (Å²) >= 11 is 0. The Morgan fingerprint density at radius 1 is 1.10 bits per heavy atom. The summed E-state index contributed by atoms with van der Waals surface area (Å²) in [5, 5.41) is 0. The van der Waals surface area contributed by atoms with E-state index in [0.717, 1.165) is 6.73 Å². The maximum absolute atomic E-state index is 6.05. The number of fused-ring (bicyclic) bond motifs is 3. The third kappa shape index (κ3) is 3.49. The number of aryl methyl sites for hydroxylation is 1. The second-order valence-electron chi connectivity index (χ2n) is 6.60. The van der Waals surface area contributed by atoms with Crippen LogP contribution in [0.4, 0.5) is 0 Å². The lowest BCUT2D eigenvalue weighted by Crippen LogP contribution is -2.32. The number of unbranched alkanes of at least 4 members (excludes halogenated alkanes) is 5. The lowest BCUT2D eigenvalue weighted by molar-refractivity contribution is 0.0818. The fourth-order valence-electron chi connectivity index (χ4n) is 3.88. The Labute approximate surface area is 129 Å². The standard InChI is InChI=1S/C19H29NO/c1-2-3-4-5-6-9-14-20-15-21-18-13-12-16-10-7-8-11-17(16)19(18)20/h7-8,10-11,18-19H,2-6,9,12-15H2,1H3/t18-,19-/m0/s1. The first-order valence-electron chi connectivity index (χ1n) is 8.83. The third-order valence-electron chi connectivity index (χ3n) is 5.07. The van der Waals surface area contributed by atoms with Gasteiger partial charge in [0.25, 0.3) is 0 Å². The normalized spacial score (nSPS) is 24.8. The fourth-order valence-corrected chi connectivity index (χ4v) is 3.88. The minimum absolute atomic E-state index is 0.431. The van der Waals surface area contributed by atoms with Gasteiger partial charge in [-0.2, -0.15) is 0 Å². The summed E-state index contributed by atoms with van der Waals surface area (Å²) in [7, 11) is 0. The van der Waals surface area contributed by atoms with E-state index in [1.165, 1.54) is 69.0 Å². The molecule has 21 heavy (non-hydrogen) atoms. The smallest absolute Gasteiger partial charge is 0.100 e. The van der Waals surface area contributed by atoms with Crippen LogP contribution in [0.2, 0.25) is 0 Å². The summed E-state index contributed by atoms with van der Waals surface area (Å²) in [5.74, 6) is 0. The molecule has 0 unspecified atom stereocenters. The monoisotopic (exact) mass is 287 g/mol. The molecule has 1 saturated heterocycles. The van der Waals surface area contributed by atoms with E-state index in [-0.39, 0.29) is 0 Å². The van der Waals surface area contributed by atoms with Crippen molar-refractivity contribution in [2.24, 2.45) is 0 Å². The predicted octanol–water partition coefficient (Wildman–Crippen LogP) is 4.69. The number of hydrogen-bond donors (Lipinski definition) is 0. The molecular weight excluding hydrogens is 258 g/mol. The van der Waals surface area contributed by atoms with Gasteiger partial charge in [-0.3, -0.25) is 4.90 Å². The third-order valence-corrected chi connectivity index (χ3v) is 5.07. The number of nitrogens with zero attached hydrogens (tertiary/aromatic N) is 1. The van der Waals surface area contributed by atoms with E-state index in [9.17, 15) is 0 Å². The van der Waals surface area contributed by atoms with Gasteiger partial charge in [-0.15, -0.1) is 0 Å². The van der Waals surface area contributed by atoms with E-state index in [4.69, 9.17) is 4.74 Å². The number of ether oxygens (including phenoxy) is 1. The van der Waals surface area contributed by atoms with Gasteiger partial charge in [-0.25, -0.2) is 0 Å². The van der Waals surface area contributed by atoms with Crippen LogP contribution in [0.3, 0.4) is 0 Å². The van der Waals surface area contributed by atoms with Crippen LogP contribution < -0.4 is 0 Å². The van der Waals surface area contributed by atoms with E-state index in [0.29, 0.717) is 12.1 Å². The van der Waals surface area contributed by atoms with Crippen LogP contribution >= 0.6 is 0 Å². The molecule has 2 atom stereocenters. The van der Waals surface area contributed by atoms with Crippen LogP contribution in [0, 0.1) is 0 Å². The summed E-state index contributed by atoms with van der Waals surface area (Å²) in [6.45, 7) is 4.31. The van der Waals surface area contributed by atoms with Crippen molar-refractivity contribution in [1.82, 2.24) is 4.90 Å². The molecule has 0 amide bonds. The van der Waals surface area contributed by atoms with Crippen LogP contribution in [0.25, 0.3) is 0 Å². The molecule has 0 radical (unpaired) electrons. The molecule has 0 bridgehead atoms. The zero-order valence-corrected chi connectivity index (χ0v) is 13.4. The summed E-state index contributed by atoms with van der Waals surface area (Å²) in [4.78, 5) is 2.57. The highest BCUT2D eigenvalue weighted by Gasteiger charge is 2.39. The second-order valence-corrected chi connectivity index (χ2v) is 6.60. The van der Waals surface area contributed by atoms with Crippen molar-refractivity contribution in [2.75, 3.05) is 13.3 Å². The van der Waals surface area contributed by atoms with E-state index < -0.39 is 0 Å². The van der Waals surface area contributed by atoms with Crippen LogP contribution in [0.5, 0.6) is 0 Å². The minimum Gasteiger partial charge on any atom is -0.361 e. The lowest BCUT2D eigenvalue weighted by atomic mass is 9.85. The van der Waals surface area contributed by atoms with E-state index in [1.807, 2.05) is 0 Å². The van der Waals surface area contributed by atoms with Crippen molar-refractivity contribution in [2.45, 2.75) is 70.4 Å². The average Bonchev–Trinajstić information content (AvgIpc) is 2.94. The molecule has 2 aliphatic rings. The zero-order valence-electron chi connectivity index (χ0n) is 13.4. The van der Waals surface area contributed by atoms with Crippen LogP contribution in [0.15, 0.2) is 24.3 Å². The Hall–Kier alpha value is -0.860. The van der Waals surface area contributed by atoms with Crippen molar-refractivity contribution in [1.29, 1.82) is 0 Å². The van der Waals surface area contributed by atoms with Crippen molar-refractivity contribution in [3.05, 3.63) is 35.4 Å². The number of benzene rings is 1. The van der Waals surface area contributed by atoms with Crippen LogP contribution in [0.1, 0.15) is 69.0 Å². The highest BCUT2D eigenvalue weighted by atomic mass is 16.5. The average molecular weight is 287 g/mol. The molecule has 2 heteroatoms. The molecule has 1 aliphatic heterocycles.